The molecule has 0 saturated carbocycles. The number of nitrogens with one attached hydrogen (secondary N) is 2. The minimum absolute atomic E-state index is 0. The summed E-state index contributed by atoms with van der Waals surface area (Å²) in [5.74, 6) is -1.72. The Morgan fingerprint density at radius 3 is 2.28 bits per heavy atom. The highest BCUT2D eigenvalue weighted by atomic mass is 35.5. The maximum absolute atomic E-state index is 13.9. The maximum atomic E-state index is 13.9. The molecule has 0 saturated heterocycles. The van der Waals surface area contributed by atoms with E-state index in [1.54, 1.807) is 0 Å². The predicted octanol–water partition coefficient (Wildman–Crippen LogP) is 6.79. The lowest BCUT2D eigenvalue weighted by Crippen LogP contribution is -2.48. The van der Waals surface area contributed by atoms with Crippen LogP contribution in [0.25, 0.3) is 0 Å². The first-order chi connectivity index (χ1) is 19.7. The second-order valence-electron chi connectivity index (χ2n) is 11.1. The number of aryl methyl sites for hydroxylation is 2. The van der Waals surface area contributed by atoms with Gasteiger partial charge in [-0.05, 0) is 86.3 Å². The van der Waals surface area contributed by atoms with Gasteiger partial charge in [0.2, 0.25) is 0 Å². The summed E-state index contributed by atoms with van der Waals surface area (Å²) < 4.78 is 27.9. The quantitative estimate of drug-likeness (QED) is 0.151. The molecule has 5 nitrogen and oxygen atoms in total. The van der Waals surface area contributed by atoms with E-state index < -0.39 is 23.8 Å². The van der Waals surface area contributed by atoms with Crippen LogP contribution in [0.15, 0.2) is 60.7 Å². The van der Waals surface area contributed by atoms with Crippen molar-refractivity contribution >= 4 is 30.7 Å². The van der Waals surface area contributed by atoms with Crippen LogP contribution in [0.3, 0.4) is 0 Å². The summed E-state index contributed by atoms with van der Waals surface area (Å²) in [6.07, 6.45) is 3.50. The number of benzene rings is 3. The summed E-state index contributed by atoms with van der Waals surface area (Å²) in [5.41, 5.74) is 5.18. The molecule has 0 heterocycles. The summed E-state index contributed by atoms with van der Waals surface area (Å²) in [4.78, 5) is 15.7. The standard InChI is InChI=1S/C34H45F2N3O2.2ClH/c1-5-7-8-12-39(4)23-28-13-24(3)14-29(16-28)34(41)38-32(19-27-17-30(35)20-31(36)18-27)33(40)22-37-21-26-11-9-10-25(6-2)15-26;;/h9-11,13-18,20,32-33,37,40H,5-8,12,19,21-23H2,1-4H3,(H,38,41);2*1H/t32-,33+;;/m0../s1. The normalized spacial score (nSPS) is 12.3. The van der Waals surface area contributed by atoms with Crippen LogP contribution in [0.4, 0.5) is 8.78 Å². The first-order valence-electron chi connectivity index (χ1n) is 14.7. The van der Waals surface area contributed by atoms with E-state index in [1.165, 1.54) is 30.5 Å². The minimum Gasteiger partial charge on any atom is -0.390 e. The molecule has 0 spiro atoms. The van der Waals surface area contributed by atoms with E-state index in [0.717, 1.165) is 48.7 Å². The molecule has 3 aromatic rings. The summed E-state index contributed by atoms with van der Waals surface area (Å²) in [5, 5.41) is 17.4. The van der Waals surface area contributed by atoms with Gasteiger partial charge in [-0.15, -0.1) is 24.8 Å². The van der Waals surface area contributed by atoms with Gasteiger partial charge in [0.15, 0.2) is 0 Å². The van der Waals surface area contributed by atoms with Crippen molar-refractivity contribution in [3.05, 3.63) is 106 Å². The van der Waals surface area contributed by atoms with Gasteiger partial charge in [-0.25, -0.2) is 8.78 Å². The molecule has 1 amide bonds. The van der Waals surface area contributed by atoms with Crippen molar-refractivity contribution in [2.24, 2.45) is 0 Å². The van der Waals surface area contributed by atoms with Gasteiger partial charge in [0.05, 0.1) is 12.1 Å². The Hall–Kier alpha value is -2.55. The van der Waals surface area contributed by atoms with Crippen molar-refractivity contribution in [3.63, 3.8) is 0 Å². The van der Waals surface area contributed by atoms with Gasteiger partial charge in [-0.2, -0.15) is 0 Å². The molecule has 0 aliphatic carbocycles. The van der Waals surface area contributed by atoms with E-state index in [0.29, 0.717) is 17.7 Å². The van der Waals surface area contributed by atoms with E-state index in [4.69, 9.17) is 0 Å². The zero-order chi connectivity index (χ0) is 29.8. The molecule has 0 aromatic heterocycles. The summed E-state index contributed by atoms with van der Waals surface area (Å²) >= 11 is 0. The summed E-state index contributed by atoms with van der Waals surface area (Å²) in [7, 11) is 2.08. The molecule has 2 atom stereocenters. The van der Waals surface area contributed by atoms with E-state index in [2.05, 4.69) is 54.6 Å². The largest absolute Gasteiger partial charge is 0.390 e. The number of amides is 1. The zero-order valence-corrected chi connectivity index (χ0v) is 27.3. The molecule has 43 heavy (non-hydrogen) atoms. The summed E-state index contributed by atoms with van der Waals surface area (Å²) in [6.45, 7) is 8.69. The number of aliphatic hydroxyl groups excluding tert-OH is 1. The molecule has 3 aromatic carbocycles. The van der Waals surface area contributed by atoms with Gasteiger partial charge >= 0.3 is 0 Å². The molecule has 0 radical (unpaired) electrons. The van der Waals surface area contributed by atoms with Crippen LogP contribution >= 0.6 is 24.8 Å². The number of hydrogen-bond donors (Lipinski definition) is 3. The molecule has 3 N–H and O–H groups in total. The molecule has 0 bridgehead atoms. The monoisotopic (exact) mass is 637 g/mol. The molecule has 238 valence electrons. The van der Waals surface area contributed by atoms with E-state index >= 15 is 0 Å². The molecule has 3 rings (SSSR count). The Morgan fingerprint density at radius 2 is 1.60 bits per heavy atom. The van der Waals surface area contributed by atoms with Crippen molar-refractivity contribution < 1.29 is 18.7 Å². The number of halogens is 4. The fourth-order valence-corrected chi connectivity index (χ4v) is 5.09. The van der Waals surface area contributed by atoms with Crippen molar-refractivity contribution in [1.29, 1.82) is 0 Å². The van der Waals surface area contributed by atoms with Gasteiger partial charge < -0.3 is 20.6 Å². The van der Waals surface area contributed by atoms with Crippen LogP contribution in [0.5, 0.6) is 0 Å². The average Bonchev–Trinajstić information content (AvgIpc) is 2.92. The van der Waals surface area contributed by atoms with E-state index in [1.807, 2.05) is 31.2 Å². The first-order valence-corrected chi connectivity index (χ1v) is 14.7. The van der Waals surface area contributed by atoms with Crippen molar-refractivity contribution in [1.82, 2.24) is 15.5 Å². The lowest BCUT2D eigenvalue weighted by molar-refractivity contribution is 0.0829. The third kappa shape index (κ3) is 13.3. The van der Waals surface area contributed by atoms with E-state index in [9.17, 15) is 18.7 Å². The molecular weight excluding hydrogens is 591 g/mol. The highest BCUT2D eigenvalue weighted by Gasteiger charge is 2.23. The van der Waals surface area contributed by atoms with Crippen LogP contribution in [0.2, 0.25) is 0 Å². The van der Waals surface area contributed by atoms with Gasteiger partial charge in [-0.1, -0.05) is 62.6 Å². The molecule has 9 heteroatoms. The van der Waals surface area contributed by atoms with Crippen molar-refractivity contribution in [2.75, 3.05) is 20.1 Å². The Kier molecular flexibility index (Phi) is 17.6. The second kappa shape index (κ2) is 19.7. The second-order valence-corrected chi connectivity index (χ2v) is 11.1. The van der Waals surface area contributed by atoms with Crippen molar-refractivity contribution in [3.8, 4) is 0 Å². The Balaban J connectivity index is 0.00000462. The van der Waals surface area contributed by atoms with Gasteiger partial charge in [0.25, 0.3) is 5.91 Å². The van der Waals surface area contributed by atoms with Crippen LogP contribution < -0.4 is 10.6 Å². The maximum Gasteiger partial charge on any atom is 0.251 e. The summed E-state index contributed by atoms with van der Waals surface area (Å²) in [6, 6.07) is 16.5. The lowest BCUT2D eigenvalue weighted by Gasteiger charge is -2.25. The van der Waals surface area contributed by atoms with Crippen LogP contribution in [0, 0.1) is 18.6 Å². The third-order valence-corrected chi connectivity index (χ3v) is 7.24. The molecule has 0 unspecified atom stereocenters. The Morgan fingerprint density at radius 1 is 0.907 bits per heavy atom. The number of hydrogen-bond acceptors (Lipinski definition) is 4. The Bertz CT molecular complexity index is 1260. The SMILES string of the molecule is CCCCCN(C)Cc1cc(C)cc(C(=O)N[C@@H](Cc2cc(F)cc(F)c2)[C@H](O)CNCc2cccc(CC)c2)c1.Cl.Cl. The molecule has 0 aliphatic rings. The molecular formula is C34H47Cl2F2N3O2. The van der Waals surface area contributed by atoms with Gasteiger partial charge in [0, 0.05) is 31.3 Å². The number of nitrogens with zero attached hydrogens (tertiary/aromatic N) is 1. The number of carbonyl (C=O) groups is 1. The van der Waals surface area contributed by atoms with E-state index in [-0.39, 0.29) is 43.7 Å². The minimum atomic E-state index is -0.992. The lowest BCUT2D eigenvalue weighted by atomic mass is 9.99. The Labute approximate surface area is 268 Å². The fourth-order valence-electron chi connectivity index (χ4n) is 5.09. The topological polar surface area (TPSA) is 64.6 Å². The van der Waals surface area contributed by atoms with Gasteiger partial charge in [-0.3, -0.25) is 4.79 Å². The molecule has 0 fully saturated rings. The van der Waals surface area contributed by atoms with Crippen LogP contribution in [0.1, 0.15) is 71.3 Å². The smallest absolute Gasteiger partial charge is 0.251 e. The zero-order valence-electron chi connectivity index (χ0n) is 25.7. The fraction of sp³-hybridized carbons (Fsp3) is 0.441. The first kappa shape index (κ1) is 38.5. The van der Waals surface area contributed by atoms with Crippen LogP contribution in [-0.2, 0) is 25.9 Å². The number of aliphatic hydroxyl groups is 1. The van der Waals surface area contributed by atoms with Crippen LogP contribution in [-0.4, -0.2) is 48.2 Å². The molecule has 0 aliphatic heterocycles. The third-order valence-electron chi connectivity index (χ3n) is 7.24. The highest BCUT2D eigenvalue weighted by molar-refractivity contribution is 5.94. The van der Waals surface area contributed by atoms with Crippen molar-refractivity contribution in [2.45, 2.75) is 78.1 Å². The highest BCUT2D eigenvalue weighted by Crippen LogP contribution is 2.16. The number of carbonyl (C=O) groups excluding carboxylic acids is 1. The number of unbranched alkanes of at least 4 members (excludes halogenated alkanes) is 2. The average molecular weight is 639 g/mol. The van der Waals surface area contributed by atoms with Gasteiger partial charge in [0.1, 0.15) is 11.6 Å². The number of rotatable bonds is 16. The predicted molar refractivity (Wildman–Crippen MR) is 176 cm³/mol.